The fourth-order valence-electron chi connectivity index (χ4n) is 2.46. The molecule has 0 N–H and O–H groups in total. The summed E-state index contributed by atoms with van der Waals surface area (Å²) in [6.07, 6.45) is 18.4. The van der Waals surface area contributed by atoms with E-state index in [4.69, 9.17) is 0 Å². The van der Waals surface area contributed by atoms with E-state index in [1.165, 1.54) is 77.0 Å². The van der Waals surface area contributed by atoms with Crippen LogP contribution in [0.15, 0.2) is 0 Å². The number of hydrogen-bond donors (Lipinski definition) is 0. The molecule has 3 heteroatoms. The van der Waals surface area contributed by atoms with Crippen LogP contribution in [0.25, 0.3) is 0 Å². The third-order valence-electron chi connectivity index (χ3n) is 3.73. The van der Waals surface area contributed by atoms with Crippen LogP contribution in [0.4, 0.5) is 0 Å². The molecule has 0 aliphatic rings. The van der Waals surface area contributed by atoms with Gasteiger partial charge in [-0.05, 0) is 12.8 Å². The summed E-state index contributed by atoms with van der Waals surface area (Å²) < 4.78 is 0. The van der Waals surface area contributed by atoms with Crippen LogP contribution < -0.4 is 34.7 Å². The molecule has 20 heavy (non-hydrogen) atoms. The van der Waals surface area contributed by atoms with Gasteiger partial charge in [0.1, 0.15) is 0 Å². The number of unbranched alkanes of at least 4 members (excludes halogenated alkanes) is 13. The molecular weight excluding hydrogens is 259 g/mol. The van der Waals surface area contributed by atoms with Gasteiger partial charge in [-0.15, -0.1) is 0 Å². The smallest absolute Gasteiger partial charge is 0.550 e. The summed E-state index contributed by atoms with van der Waals surface area (Å²) in [5, 5.41) is 10.2. The molecule has 0 aromatic carbocycles. The first-order chi connectivity index (χ1) is 9.27. The van der Waals surface area contributed by atoms with E-state index in [-0.39, 0.29) is 36.0 Å². The molecule has 0 aromatic rings. The van der Waals surface area contributed by atoms with Crippen LogP contribution in [-0.4, -0.2) is 5.97 Å². The van der Waals surface area contributed by atoms with Crippen molar-refractivity contribution >= 4 is 5.97 Å². The zero-order valence-corrected chi connectivity index (χ0v) is 15.9. The summed E-state index contributed by atoms with van der Waals surface area (Å²) in [5.74, 6) is -0.904. The Balaban J connectivity index is 0. The first-order valence-corrected chi connectivity index (χ1v) is 8.47. The molecule has 0 amide bonds. The van der Waals surface area contributed by atoms with Crippen molar-refractivity contribution in [2.24, 2.45) is 0 Å². The molecule has 0 aliphatic heterocycles. The Morgan fingerprint density at radius 1 is 0.650 bits per heavy atom. The first kappa shape index (κ1) is 22.7. The average Bonchev–Trinajstić information content (AvgIpc) is 2.39. The van der Waals surface area contributed by atoms with Gasteiger partial charge in [0.2, 0.25) is 0 Å². The van der Waals surface area contributed by atoms with Crippen molar-refractivity contribution in [3.05, 3.63) is 0 Å². The number of carbonyl (C=O) groups is 1. The third-order valence-corrected chi connectivity index (χ3v) is 3.73. The van der Waals surface area contributed by atoms with Crippen molar-refractivity contribution in [2.75, 3.05) is 0 Å². The maximum absolute atomic E-state index is 10.2. The van der Waals surface area contributed by atoms with Crippen LogP contribution in [0.2, 0.25) is 0 Å². The topological polar surface area (TPSA) is 40.1 Å². The minimum absolute atomic E-state index is 0. The molecule has 0 spiro atoms. The van der Waals surface area contributed by atoms with Gasteiger partial charge in [0, 0.05) is 5.97 Å². The molecule has 0 heterocycles. The monoisotopic (exact) mass is 292 g/mol. The molecule has 0 saturated carbocycles. The molecule has 0 atom stereocenters. The van der Waals surface area contributed by atoms with Gasteiger partial charge >= 0.3 is 29.6 Å². The maximum Gasteiger partial charge on any atom is 1.00 e. The molecule has 0 rings (SSSR count). The number of carboxylic acid groups (broad SMARTS) is 1. The van der Waals surface area contributed by atoms with Gasteiger partial charge in [0.05, 0.1) is 0 Å². The van der Waals surface area contributed by atoms with Gasteiger partial charge in [0.15, 0.2) is 0 Å². The maximum atomic E-state index is 10.2. The van der Waals surface area contributed by atoms with E-state index in [1.807, 2.05) is 0 Å². The van der Waals surface area contributed by atoms with E-state index in [2.05, 4.69) is 6.92 Å². The predicted molar refractivity (Wildman–Crippen MR) is 79.9 cm³/mol. The largest absolute Gasteiger partial charge is 1.00 e. The normalized spacial score (nSPS) is 10.2. The summed E-state index contributed by atoms with van der Waals surface area (Å²) in [6, 6.07) is 0. The van der Waals surface area contributed by atoms with E-state index in [9.17, 15) is 9.90 Å². The van der Waals surface area contributed by atoms with E-state index in [0.717, 1.165) is 12.8 Å². The number of carboxylic acids is 1. The van der Waals surface area contributed by atoms with Gasteiger partial charge in [-0.1, -0.05) is 90.4 Å². The van der Waals surface area contributed by atoms with E-state index in [0.29, 0.717) is 0 Å². The number of aliphatic carboxylic acids is 1. The van der Waals surface area contributed by atoms with Crippen molar-refractivity contribution in [2.45, 2.75) is 103 Å². The SMILES string of the molecule is CCCCCCCCCCCCCCCCC(=O)[O-].[Na+]. The van der Waals surface area contributed by atoms with Crippen molar-refractivity contribution in [1.82, 2.24) is 0 Å². The van der Waals surface area contributed by atoms with Crippen LogP contribution in [-0.2, 0) is 4.79 Å². The molecular formula is C17H33NaO2. The van der Waals surface area contributed by atoms with Crippen LogP contribution in [0.1, 0.15) is 103 Å². The van der Waals surface area contributed by atoms with Gasteiger partial charge in [-0.25, -0.2) is 0 Å². The Hall–Kier alpha value is 0.470. The number of hydrogen-bond acceptors (Lipinski definition) is 2. The minimum atomic E-state index is -0.904. The standard InChI is InChI=1S/C17H34O2.Na/c1-2-3-4-5-6-7-8-9-10-11-12-13-14-15-16-17(18)19;/h2-16H2,1H3,(H,18,19);/q;+1/p-1. The van der Waals surface area contributed by atoms with Gasteiger partial charge in [-0.2, -0.15) is 0 Å². The molecule has 0 aromatic heterocycles. The molecule has 0 fully saturated rings. The van der Waals surface area contributed by atoms with E-state index < -0.39 is 5.97 Å². The van der Waals surface area contributed by atoms with Crippen molar-refractivity contribution in [3.63, 3.8) is 0 Å². The van der Waals surface area contributed by atoms with Gasteiger partial charge in [-0.3, -0.25) is 0 Å². The molecule has 0 bridgehead atoms. The number of rotatable bonds is 15. The quantitative estimate of drug-likeness (QED) is 0.340. The van der Waals surface area contributed by atoms with Crippen LogP contribution >= 0.6 is 0 Å². The Bertz CT molecular complexity index is 195. The molecule has 0 saturated heterocycles. The van der Waals surface area contributed by atoms with Crippen molar-refractivity contribution in [1.29, 1.82) is 0 Å². The zero-order valence-electron chi connectivity index (χ0n) is 13.9. The van der Waals surface area contributed by atoms with Crippen molar-refractivity contribution in [3.8, 4) is 0 Å². The Kier molecular flexibility index (Phi) is 22.1. The second-order valence-electron chi connectivity index (χ2n) is 5.72. The first-order valence-electron chi connectivity index (χ1n) is 8.47. The zero-order chi connectivity index (χ0) is 14.2. The van der Waals surface area contributed by atoms with Crippen LogP contribution in [0.3, 0.4) is 0 Å². The Morgan fingerprint density at radius 2 is 0.950 bits per heavy atom. The van der Waals surface area contributed by atoms with E-state index in [1.54, 1.807) is 0 Å². The summed E-state index contributed by atoms with van der Waals surface area (Å²) in [6.45, 7) is 2.26. The van der Waals surface area contributed by atoms with E-state index >= 15 is 0 Å². The summed E-state index contributed by atoms with van der Waals surface area (Å²) >= 11 is 0. The fourth-order valence-corrected chi connectivity index (χ4v) is 2.46. The third kappa shape index (κ3) is 20.8. The summed E-state index contributed by atoms with van der Waals surface area (Å²) in [7, 11) is 0. The van der Waals surface area contributed by atoms with Crippen LogP contribution in [0, 0.1) is 0 Å². The van der Waals surface area contributed by atoms with Gasteiger partial charge < -0.3 is 9.90 Å². The molecule has 0 unspecified atom stereocenters. The van der Waals surface area contributed by atoms with Crippen molar-refractivity contribution < 1.29 is 39.5 Å². The summed E-state index contributed by atoms with van der Waals surface area (Å²) in [5.41, 5.74) is 0. The average molecular weight is 292 g/mol. The fraction of sp³-hybridized carbons (Fsp3) is 0.941. The molecule has 0 aliphatic carbocycles. The number of carbonyl (C=O) groups excluding carboxylic acids is 1. The Morgan fingerprint density at radius 3 is 1.25 bits per heavy atom. The predicted octanol–water partition coefficient (Wildman–Crippen LogP) is 1.61. The minimum Gasteiger partial charge on any atom is -0.550 e. The molecule has 114 valence electrons. The molecule has 0 radical (unpaired) electrons. The second kappa shape index (κ2) is 19.5. The van der Waals surface area contributed by atoms with Crippen LogP contribution in [0.5, 0.6) is 0 Å². The summed E-state index contributed by atoms with van der Waals surface area (Å²) in [4.78, 5) is 10.2. The van der Waals surface area contributed by atoms with Gasteiger partial charge in [0.25, 0.3) is 0 Å². The molecule has 2 nitrogen and oxygen atoms in total. The Labute approximate surface area is 148 Å². The second-order valence-corrected chi connectivity index (χ2v) is 5.72.